The molecule has 0 saturated heterocycles. The maximum Gasteiger partial charge on any atom is 0.0897 e. The van der Waals surface area contributed by atoms with Crippen LogP contribution in [0, 0.1) is 0 Å². The van der Waals surface area contributed by atoms with Crippen molar-refractivity contribution in [2.24, 2.45) is 0 Å². The lowest BCUT2D eigenvalue weighted by Gasteiger charge is -2.17. The van der Waals surface area contributed by atoms with E-state index in [9.17, 15) is 5.11 Å². The highest BCUT2D eigenvalue weighted by Gasteiger charge is 2.08. The summed E-state index contributed by atoms with van der Waals surface area (Å²) in [5.74, 6) is 0. The molecule has 0 aliphatic carbocycles. The van der Waals surface area contributed by atoms with E-state index in [0.717, 1.165) is 13.0 Å². The third-order valence-electron chi connectivity index (χ3n) is 3.32. The number of hydrogen-bond donors (Lipinski definition) is 2. The quantitative estimate of drug-likeness (QED) is 0.612. The number of ether oxygens (including phenoxy) is 1. The van der Waals surface area contributed by atoms with Crippen molar-refractivity contribution in [2.75, 3.05) is 19.8 Å². The van der Waals surface area contributed by atoms with Crippen LogP contribution in [0.15, 0.2) is 24.5 Å². The summed E-state index contributed by atoms with van der Waals surface area (Å²) in [7, 11) is 0. The van der Waals surface area contributed by atoms with Crippen LogP contribution in [0.3, 0.4) is 0 Å². The summed E-state index contributed by atoms with van der Waals surface area (Å²) in [4.78, 5) is 4.00. The fourth-order valence-electron chi connectivity index (χ4n) is 1.99. The van der Waals surface area contributed by atoms with E-state index >= 15 is 0 Å². The standard InChI is InChI=1S/C16H28N2O2/c1-3-4-5-6-11-20-13-16(19)12-18-14(2)15-7-9-17-10-8-15/h7-10,14,16,18-19H,3-6,11-13H2,1-2H3/t14-,16?/m0/s1. The van der Waals surface area contributed by atoms with Gasteiger partial charge in [0, 0.05) is 31.6 Å². The lowest BCUT2D eigenvalue weighted by Crippen LogP contribution is -2.32. The molecule has 2 N–H and O–H groups in total. The zero-order valence-corrected chi connectivity index (χ0v) is 12.7. The van der Waals surface area contributed by atoms with Crippen molar-refractivity contribution in [1.82, 2.24) is 10.3 Å². The van der Waals surface area contributed by atoms with Crippen molar-refractivity contribution in [2.45, 2.75) is 51.7 Å². The molecule has 4 nitrogen and oxygen atoms in total. The zero-order valence-electron chi connectivity index (χ0n) is 12.7. The maximum atomic E-state index is 9.85. The number of nitrogens with one attached hydrogen (secondary N) is 1. The van der Waals surface area contributed by atoms with Crippen LogP contribution in [0.2, 0.25) is 0 Å². The lowest BCUT2D eigenvalue weighted by atomic mass is 10.1. The van der Waals surface area contributed by atoms with E-state index in [4.69, 9.17) is 4.74 Å². The lowest BCUT2D eigenvalue weighted by molar-refractivity contribution is 0.0343. The molecule has 0 fully saturated rings. The number of aliphatic hydroxyl groups is 1. The number of rotatable bonds is 11. The molecule has 0 aliphatic rings. The van der Waals surface area contributed by atoms with Crippen molar-refractivity contribution in [3.8, 4) is 0 Å². The summed E-state index contributed by atoms with van der Waals surface area (Å²) in [5, 5.41) is 13.1. The number of unbranched alkanes of at least 4 members (excludes halogenated alkanes) is 3. The van der Waals surface area contributed by atoms with Crippen molar-refractivity contribution in [1.29, 1.82) is 0 Å². The van der Waals surface area contributed by atoms with Crippen molar-refractivity contribution in [3.05, 3.63) is 30.1 Å². The molecule has 0 saturated carbocycles. The Kier molecular flexibility index (Phi) is 9.20. The molecule has 1 rings (SSSR count). The van der Waals surface area contributed by atoms with Crippen LogP contribution in [-0.4, -0.2) is 36.0 Å². The summed E-state index contributed by atoms with van der Waals surface area (Å²) in [6.07, 6.45) is 7.90. The molecule has 20 heavy (non-hydrogen) atoms. The maximum absolute atomic E-state index is 9.85. The van der Waals surface area contributed by atoms with Gasteiger partial charge in [-0.05, 0) is 31.0 Å². The molecule has 1 unspecified atom stereocenters. The molecule has 0 radical (unpaired) electrons. The van der Waals surface area contributed by atoms with Gasteiger partial charge in [-0.25, -0.2) is 0 Å². The molecule has 0 amide bonds. The Morgan fingerprint density at radius 1 is 1.25 bits per heavy atom. The van der Waals surface area contributed by atoms with Gasteiger partial charge in [0.25, 0.3) is 0 Å². The fraction of sp³-hybridized carbons (Fsp3) is 0.688. The first-order valence-electron chi connectivity index (χ1n) is 7.63. The normalized spacial score (nSPS) is 14.2. The van der Waals surface area contributed by atoms with Crippen LogP contribution >= 0.6 is 0 Å². The highest BCUT2D eigenvalue weighted by molar-refractivity contribution is 5.13. The number of nitrogens with zero attached hydrogens (tertiary/aromatic N) is 1. The second-order valence-corrected chi connectivity index (χ2v) is 5.20. The highest BCUT2D eigenvalue weighted by Crippen LogP contribution is 2.09. The van der Waals surface area contributed by atoms with Crippen LogP contribution in [0.4, 0.5) is 0 Å². The summed E-state index contributed by atoms with van der Waals surface area (Å²) in [6.45, 7) is 5.96. The van der Waals surface area contributed by atoms with Gasteiger partial charge >= 0.3 is 0 Å². The molecule has 4 heteroatoms. The first kappa shape index (κ1) is 17.1. The molecule has 1 heterocycles. The smallest absolute Gasteiger partial charge is 0.0897 e. The van der Waals surface area contributed by atoms with Gasteiger partial charge in [-0.2, -0.15) is 0 Å². The van der Waals surface area contributed by atoms with Gasteiger partial charge in [0.05, 0.1) is 12.7 Å². The van der Waals surface area contributed by atoms with Crippen LogP contribution in [0.5, 0.6) is 0 Å². The average molecular weight is 280 g/mol. The molecule has 114 valence electrons. The molecule has 2 atom stereocenters. The Labute approximate surface area is 122 Å². The second-order valence-electron chi connectivity index (χ2n) is 5.20. The van der Waals surface area contributed by atoms with E-state index in [0.29, 0.717) is 13.2 Å². The first-order valence-corrected chi connectivity index (χ1v) is 7.63. The molecule has 0 spiro atoms. The minimum absolute atomic E-state index is 0.206. The van der Waals surface area contributed by atoms with Crippen LogP contribution < -0.4 is 5.32 Å². The summed E-state index contributed by atoms with van der Waals surface area (Å²) < 4.78 is 5.48. The Hall–Kier alpha value is -0.970. The number of aliphatic hydroxyl groups excluding tert-OH is 1. The van der Waals surface area contributed by atoms with Gasteiger partial charge in [0.15, 0.2) is 0 Å². The molecular formula is C16H28N2O2. The molecule has 0 bridgehead atoms. The monoisotopic (exact) mass is 280 g/mol. The van der Waals surface area contributed by atoms with E-state index in [1.807, 2.05) is 12.1 Å². The van der Waals surface area contributed by atoms with E-state index in [1.165, 1.54) is 24.8 Å². The third kappa shape index (κ3) is 7.58. The minimum Gasteiger partial charge on any atom is -0.389 e. The highest BCUT2D eigenvalue weighted by atomic mass is 16.5. The molecule has 1 aromatic heterocycles. The van der Waals surface area contributed by atoms with E-state index in [1.54, 1.807) is 12.4 Å². The Balaban J connectivity index is 2.06. The number of aromatic nitrogens is 1. The molecule has 1 aromatic rings. The van der Waals surface area contributed by atoms with Crippen LogP contribution in [-0.2, 0) is 4.74 Å². The summed E-state index contributed by atoms with van der Waals surface area (Å²) in [5.41, 5.74) is 1.17. The Morgan fingerprint density at radius 3 is 2.70 bits per heavy atom. The molecule has 0 aliphatic heterocycles. The fourth-order valence-corrected chi connectivity index (χ4v) is 1.99. The van der Waals surface area contributed by atoms with Crippen LogP contribution in [0.1, 0.15) is 51.1 Å². The Morgan fingerprint density at radius 2 is 2.00 bits per heavy atom. The van der Waals surface area contributed by atoms with Crippen LogP contribution in [0.25, 0.3) is 0 Å². The van der Waals surface area contributed by atoms with Gasteiger partial charge in [-0.1, -0.05) is 26.2 Å². The summed E-state index contributed by atoms with van der Waals surface area (Å²) in [6, 6.07) is 4.17. The number of pyridine rings is 1. The molecule has 0 aromatic carbocycles. The van der Waals surface area contributed by atoms with Gasteiger partial charge < -0.3 is 15.2 Å². The summed E-state index contributed by atoms with van der Waals surface area (Å²) >= 11 is 0. The van der Waals surface area contributed by atoms with Gasteiger partial charge in [-0.3, -0.25) is 4.98 Å². The van der Waals surface area contributed by atoms with Gasteiger partial charge in [0.1, 0.15) is 0 Å². The molecular weight excluding hydrogens is 252 g/mol. The predicted octanol–water partition coefficient (Wildman–Crippen LogP) is 2.69. The van der Waals surface area contributed by atoms with Gasteiger partial charge in [0.2, 0.25) is 0 Å². The van der Waals surface area contributed by atoms with Crippen molar-refractivity contribution < 1.29 is 9.84 Å². The predicted molar refractivity (Wildman–Crippen MR) is 81.6 cm³/mol. The van der Waals surface area contributed by atoms with Crippen molar-refractivity contribution >= 4 is 0 Å². The van der Waals surface area contributed by atoms with Gasteiger partial charge in [-0.15, -0.1) is 0 Å². The van der Waals surface area contributed by atoms with E-state index < -0.39 is 6.10 Å². The van der Waals surface area contributed by atoms with Crippen molar-refractivity contribution in [3.63, 3.8) is 0 Å². The number of hydrogen-bond acceptors (Lipinski definition) is 4. The topological polar surface area (TPSA) is 54.4 Å². The SMILES string of the molecule is CCCCCCOCC(O)CN[C@@H](C)c1ccncc1. The Bertz CT molecular complexity index is 333. The first-order chi connectivity index (χ1) is 9.74. The third-order valence-corrected chi connectivity index (χ3v) is 3.32. The second kappa shape index (κ2) is 10.8. The van der Waals surface area contributed by atoms with E-state index in [-0.39, 0.29) is 6.04 Å². The minimum atomic E-state index is -0.453. The largest absolute Gasteiger partial charge is 0.389 e. The zero-order chi connectivity index (χ0) is 14.6. The average Bonchev–Trinajstić information content (AvgIpc) is 2.49. The van der Waals surface area contributed by atoms with E-state index in [2.05, 4.69) is 24.1 Å².